The van der Waals surface area contributed by atoms with Crippen LogP contribution in [0, 0.1) is 3.57 Å². The Morgan fingerprint density at radius 1 is 1.56 bits per heavy atom. The third-order valence-electron chi connectivity index (χ3n) is 3.13. The first-order valence-electron chi connectivity index (χ1n) is 6.00. The molecule has 3 nitrogen and oxygen atoms in total. The number of likely N-dealkylation sites (N-methyl/N-ethyl adjacent to an activating group) is 1. The first-order chi connectivity index (χ1) is 8.56. The summed E-state index contributed by atoms with van der Waals surface area (Å²) in [6.07, 6.45) is 2.21. The highest BCUT2D eigenvalue weighted by atomic mass is 127. The van der Waals surface area contributed by atoms with Gasteiger partial charge in [0.05, 0.1) is 5.56 Å². The van der Waals surface area contributed by atoms with Crippen molar-refractivity contribution in [2.45, 2.75) is 18.9 Å². The van der Waals surface area contributed by atoms with Gasteiger partial charge in [-0.15, -0.1) is 0 Å². The minimum atomic E-state index is 0.0145. The van der Waals surface area contributed by atoms with Crippen molar-refractivity contribution in [2.24, 2.45) is 0 Å². The van der Waals surface area contributed by atoms with Gasteiger partial charge in [-0.3, -0.25) is 4.79 Å². The fourth-order valence-corrected chi connectivity index (χ4v) is 3.14. The molecular weight excluding hydrogens is 407 g/mol. The molecule has 0 aliphatic carbocycles. The summed E-state index contributed by atoms with van der Waals surface area (Å²) in [5.41, 5.74) is 0.718. The van der Waals surface area contributed by atoms with Crippen molar-refractivity contribution >= 4 is 44.4 Å². The molecule has 0 bridgehead atoms. The number of hydrogen-bond donors (Lipinski definition) is 1. The number of nitrogens with zero attached hydrogens (tertiary/aromatic N) is 1. The van der Waals surface area contributed by atoms with Gasteiger partial charge in [0.2, 0.25) is 0 Å². The summed E-state index contributed by atoms with van der Waals surface area (Å²) in [5, 5.41) is 3.12. The largest absolute Gasteiger partial charge is 0.348 e. The van der Waals surface area contributed by atoms with E-state index in [4.69, 9.17) is 0 Å². The lowest BCUT2D eigenvalue weighted by Crippen LogP contribution is -2.46. The van der Waals surface area contributed by atoms with Crippen LogP contribution in [0.4, 0.5) is 0 Å². The van der Waals surface area contributed by atoms with E-state index in [1.165, 1.54) is 0 Å². The number of benzene rings is 1. The van der Waals surface area contributed by atoms with E-state index in [-0.39, 0.29) is 11.9 Å². The molecule has 1 aromatic carbocycles. The maximum absolute atomic E-state index is 12.2. The quantitative estimate of drug-likeness (QED) is 0.743. The first-order valence-corrected chi connectivity index (χ1v) is 7.88. The highest BCUT2D eigenvalue weighted by Crippen LogP contribution is 2.20. The molecule has 1 saturated heterocycles. The number of rotatable bonds is 2. The highest BCUT2D eigenvalue weighted by Gasteiger charge is 2.20. The maximum atomic E-state index is 12.2. The molecular formula is C13H16BrIN2O. The number of nitrogens with one attached hydrogen (secondary N) is 1. The Morgan fingerprint density at radius 3 is 3.06 bits per heavy atom. The van der Waals surface area contributed by atoms with Crippen LogP contribution >= 0.6 is 38.5 Å². The van der Waals surface area contributed by atoms with Crippen LogP contribution in [0.3, 0.4) is 0 Å². The predicted octanol–water partition coefficient (Wildman–Crippen LogP) is 2.88. The van der Waals surface area contributed by atoms with Crippen LogP contribution in [0.25, 0.3) is 0 Å². The van der Waals surface area contributed by atoms with E-state index < -0.39 is 0 Å². The fraction of sp³-hybridized carbons (Fsp3) is 0.462. The van der Waals surface area contributed by atoms with Crippen molar-refractivity contribution in [3.05, 3.63) is 31.8 Å². The van der Waals surface area contributed by atoms with E-state index in [0.717, 1.165) is 39.5 Å². The second kappa shape index (κ2) is 6.34. The molecule has 1 aliphatic heterocycles. The average Bonchev–Trinajstić information content (AvgIpc) is 2.32. The lowest BCUT2D eigenvalue weighted by atomic mass is 10.1. The van der Waals surface area contributed by atoms with Gasteiger partial charge in [-0.1, -0.05) is 0 Å². The molecule has 0 radical (unpaired) electrons. The first kappa shape index (κ1) is 14.3. The zero-order valence-electron chi connectivity index (χ0n) is 10.2. The number of likely N-dealkylation sites (tertiary alicyclic amines) is 1. The zero-order chi connectivity index (χ0) is 13.1. The standard InChI is InChI=1S/C13H16BrIN2O/c1-17-6-2-3-10(8-17)16-13(18)11-7-9(15)4-5-12(11)14/h4-5,7,10H,2-3,6,8H2,1H3,(H,16,18). The van der Waals surface area contributed by atoms with Gasteiger partial charge in [0.25, 0.3) is 5.91 Å². The van der Waals surface area contributed by atoms with Gasteiger partial charge in [-0.05, 0) is 83.2 Å². The van der Waals surface area contributed by atoms with Crippen molar-refractivity contribution < 1.29 is 4.79 Å². The Bertz CT molecular complexity index is 453. The summed E-state index contributed by atoms with van der Waals surface area (Å²) >= 11 is 5.65. The van der Waals surface area contributed by atoms with Gasteiger partial charge in [-0.25, -0.2) is 0 Å². The molecule has 18 heavy (non-hydrogen) atoms. The van der Waals surface area contributed by atoms with E-state index in [0.29, 0.717) is 0 Å². The number of piperidine rings is 1. The molecule has 1 aliphatic rings. The van der Waals surface area contributed by atoms with Gasteiger partial charge >= 0.3 is 0 Å². The second-order valence-electron chi connectivity index (χ2n) is 4.70. The van der Waals surface area contributed by atoms with Gasteiger partial charge in [0.1, 0.15) is 0 Å². The summed E-state index contributed by atoms with van der Waals surface area (Å²) in [6, 6.07) is 6.08. The lowest BCUT2D eigenvalue weighted by Gasteiger charge is -2.30. The molecule has 5 heteroatoms. The fourth-order valence-electron chi connectivity index (χ4n) is 2.22. The molecule has 1 unspecified atom stereocenters. The molecule has 98 valence electrons. The van der Waals surface area contributed by atoms with Crippen molar-refractivity contribution in [3.63, 3.8) is 0 Å². The third kappa shape index (κ3) is 3.68. The normalized spacial score (nSPS) is 20.7. The molecule has 1 fully saturated rings. The van der Waals surface area contributed by atoms with E-state index in [1.54, 1.807) is 0 Å². The number of amides is 1. The van der Waals surface area contributed by atoms with E-state index in [9.17, 15) is 4.79 Å². The Kier molecular flexibility index (Phi) is 5.03. The van der Waals surface area contributed by atoms with Crippen molar-refractivity contribution in [1.29, 1.82) is 0 Å². The Balaban J connectivity index is 2.05. The minimum Gasteiger partial charge on any atom is -0.348 e. The van der Waals surface area contributed by atoms with Crippen LogP contribution in [-0.2, 0) is 0 Å². The molecule has 1 N–H and O–H groups in total. The molecule has 0 spiro atoms. The van der Waals surface area contributed by atoms with Gasteiger partial charge in [0.15, 0.2) is 0 Å². The van der Waals surface area contributed by atoms with E-state index in [1.807, 2.05) is 18.2 Å². The smallest absolute Gasteiger partial charge is 0.252 e. The predicted molar refractivity (Wildman–Crippen MR) is 84.8 cm³/mol. The highest BCUT2D eigenvalue weighted by molar-refractivity contribution is 14.1. The number of halogens is 2. The number of hydrogen-bond acceptors (Lipinski definition) is 2. The van der Waals surface area contributed by atoms with Crippen molar-refractivity contribution in [3.8, 4) is 0 Å². The molecule has 1 atom stereocenters. The van der Waals surface area contributed by atoms with Crippen LogP contribution in [0.1, 0.15) is 23.2 Å². The van der Waals surface area contributed by atoms with E-state index in [2.05, 4.69) is 55.8 Å². The van der Waals surface area contributed by atoms with Crippen LogP contribution in [0.15, 0.2) is 22.7 Å². The van der Waals surface area contributed by atoms with Gasteiger partial charge in [0, 0.05) is 20.6 Å². The van der Waals surface area contributed by atoms with E-state index >= 15 is 0 Å². The summed E-state index contributed by atoms with van der Waals surface area (Å²) in [4.78, 5) is 14.5. The second-order valence-corrected chi connectivity index (χ2v) is 6.80. The lowest BCUT2D eigenvalue weighted by molar-refractivity contribution is 0.0911. The molecule has 1 amide bonds. The monoisotopic (exact) mass is 422 g/mol. The van der Waals surface area contributed by atoms with Crippen LogP contribution in [0.2, 0.25) is 0 Å². The zero-order valence-corrected chi connectivity index (χ0v) is 14.0. The molecule has 0 saturated carbocycles. The van der Waals surface area contributed by atoms with Crippen molar-refractivity contribution in [2.75, 3.05) is 20.1 Å². The average molecular weight is 423 g/mol. The summed E-state index contributed by atoms with van der Waals surface area (Å²) in [5.74, 6) is 0.0145. The van der Waals surface area contributed by atoms with Gasteiger partial charge in [-0.2, -0.15) is 0 Å². The maximum Gasteiger partial charge on any atom is 0.252 e. The SMILES string of the molecule is CN1CCCC(NC(=O)c2cc(I)ccc2Br)C1. The third-order valence-corrected chi connectivity index (χ3v) is 4.50. The van der Waals surface area contributed by atoms with Crippen LogP contribution in [-0.4, -0.2) is 37.0 Å². The molecule has 0 aromatic heterocycles. The molecule has 1 aromatic rings. The topological polar surface area (TPSA) is 32.3 Å². The Labute approximate surface area is 130 Å². The molecule has 2 rings (SSSR count). The Hall–Kier alpha value is -0.140. The summed E-state index contributed by atoms with van der Waals surface area (Å²) in [7, 11) is 2.10. The molecule has 1 heterocycles. The van der Waals surface area contributed by atoms with Crippen LogP contribution < -0.4 is 5.32 Å². The van der Waals surface area contributed by atoms with Gasteiger partial charge < -0.3 is 10.2 Å². The minimum absolute atomic E-state index is 0.0145. The summed E-state index contributed by atoms with van der Waals surface area (Å²) in [6.45, 7) is 2.06. The number of carbonyl (C=O) groups excluding carboxylic acids is 1. The Morgan fingerprint density at radius 2 is 2.33 bits per heavy atom. The summed E-state index contributed by atoms with van der Waals surface area (Å²) < 4.78 is 1.92. The van der Waals surface area contributed by atoms with Crippen molar-refractivity contribution in [1.82, 2.24) is 10.2 Å². The number of carbonyl (C=O) groups is 1. The van der Waals surface area contributed by atoms with Crippen LogP contribution in [0.5, 0.6) is 0 Å².